The SMILES string of the molecule is C1=CC[C]([Zr+2][C]2=CC=CC2)=C1.O=S(=O)([O-])C(F)(F)F.[Cl-]. The number of allylic oxidation sites excluding steroid dienone is 8. The Bertz CT molecular complexity index is 520. The van der Waals surface area contributed by atoms with Crippen LogP contribution in [-0.2, 0) is 33.4 Å². The minimum Gasteiger partial charge on any atom is -1.00 e. The fourth-order valence-electron chi connectivity index (χ4n) is 1.29. The van der Waals surface area contributed by atoms with E-state index in [-0.39, 0.29) is 35.6 Å². The molecular weight excluding hydrogens is 396 g/mol. The molecule has 0 radical (unpaired) electrons. The summed E-state index contributed by atoms with van der Waals surface area (Å²) in [4.78, 5) is 0. The fourth-order valence-corrected chi connectivity index (χ4v) is 4.26. The first-order valence-corrected chi connectivity index (χ1v) is 9.07. The monoisotopic (exact) mass is 404 g/mol. The van der Waals surface area contributed by atoms with E-state index in [9.17, 15) is 13.2 Å². The van der Waals surface area contributed by atoms with Crippen LogP contribution >= 0.6 is 0 Å². The minimum absolute atomic E-state index is 0. The van der Waals surface area contributed by atoms with Crippen molar-refractivity contribution < 1.29 is 61.8 Å². The van der Waals surface area contributed by atoms with Crippen LogP contribution in [0.4, 0.5) is 13.2 Å². The summed E-state index contributed by atoms with van der Waals surface area (Å²) in [7, 11) is -6.09. The fraction of sp³-hybridized carbons (Fsp3) is 0.273. The maximum absolute atomic E-state index is 10.7. The van der Waals surface area contributed by atoms with Gasteiger partial charge in [0.15, 0.2) is 10.1 Å². The van der Waals surface area contributed by atoms with E-state index in [1.807, 2.05) is 0 Å². The first-order valence-electron chi connectivity index (χ1n) is 5.21. The number of rotatable bonds is 2. The summed E-state index contributed by atoms with van der Waals surface area (Å²) in [5.74, 6) is 0. The van der Waals surface area contributed by atoms with E-state index in [2.05, 4.69) is 36.5 Å². The van der Waals surface area contributed by atoms with Gasteiger partial charge in [0, 0.05) is 0 Å². The summed E-state index contributed by atoms with van der Waals surface area (Å²) >= 11 is -0.312. The third kappa shape index (κ3) is 7.02. The zero-order valence-corrected chi connectivity index (χ0v) is 14.1. The van der Waals surface area contributed by atoms with Gasteiger partial charge in [-0.1, -0.05) is 0 Å². The summed E-state index contributed by atoms with van der Waals surface area (Å²) in [6.45, 7) is 0. The van der Waals surface area contributed by atoms with E-state index in [1.165, 1.54) is 12.8 Å². The van der Waals surface area contributed by atoms with Gasteiger partial charge in [0.25, 0.3) is 0 Å². The Hall–Kier alpha value is -0.167. The van der Waals surface area contributed by atoms with Crippen molar-refractivity contribution in [3.63, 3.8) is 0 Å². The Morgan fingerprint density at radius 3 is 1.60 bits per heavy atom. The van der Waals surface area contributed by atoms with E-state index < -0.39 is 15.6 Å². The molecule has 0 saturated carbocycles. The molecule has 0 bridgehead atoms. The molecule has 110 valence electrons. The molecule has 0 aromatic carbocycles. The van der Waals surface area contributed by atoms with E-state index >= 15 is 0 Å². The Balaban J connectivity index is 0.000000364. The molecule has 0 amide bonds. The first kappa shape index (κ1) is 19.8. The van der Waals surface area contributed by atoms with E-state index in [1.54, 1.807) is 6.56 Å². The topological polar surface area (TPSA) is 57.2 Å². The smallest absolute Gasteiger partial charge is 0.485 e. The third-order valence-electron chi connectivity index (χ3n) is 2.15. The summed E-state index contributed by atoms with van der Waals surface area (Å²) < 4.78 is 62.4. The molecule has 0 fully saturated rings. The Kier molecular flexibility index (Phi) is 8.25. The van der Waals surface area contributed by atoms with Crippen LogP contribution in [0.2, 0.25) is 0 Å². The normalized spacial score (nSPS) is 16.6. The summed E-state index contributed by atoms with van der Waals surface area (Å²) in [5.41, 5.74) is -5.65. The maximum Gasteiger partial charge on any atom is 0.485 e. The van der Waals surface area contributed by atoms with Crippen LogP contribution < -0.4 is 12.4 Å². The molecule has 9 heteroatoms. The van der Waals surface area contributed by atoms with Crippen LogP contribution in [-0.4, -0.2) is 18.5 Å². The molecule has 0 spiro atoms. The summed E-state index contributed by atoms with van der Waals surface area (Å²) in [6, 6.07) is 0. The zero-order chi connectivity index (χ0) is 14.5. The van der Waals surface area contributed by atoms with E-state index in [0.717, 1.165) is 0 Å². The van der Waals surface area contributed by atoms with Crippen LogP contribution in [0.5, 0.6) is 0 Å². The van der Waals surface area contributed by atoms with Crippen molar-refractivity contribution in [1.29, 1.82) is 0 Å². The predicted octanol–water partition coefficient (Wildman–Crippen LogP) is -0.188. The van der Waals surface area contributed by atoms with Crippen molar-refractivity contribution in [3.8, 4) is 0 Å². The molecule has 0 unspecified atom stereocenters. The van der Waals surface area contributed by atoms with Gasteiger partial charge in [-0.25, -0.2) is 8.42 Å². The van der Waals surface area contributed by atoms with Crippen molar-refractivity contribution in [2.45, 2.75) is 18.3 Å². The maximum atomic E-state index is 10.7. The van der Waals surface area contributed by atoms with Gasteiger partial charge >= 0.3 is 84.6 Å². The molecule has 20 heavy (non-hydrogen) atoms. The average molecular weight is 406 g/mol. The Morgan fingerprint density at radius 2 is 1.40 bits per heavy atom. The standard InChI is InChI=1S/2C5H5.CHF3O3S.ClH.Zr/c2*1-2-4-5-3-1;2-1(3,4)8(5,6)7;;/h2*1-3H,4H2;(H,5,6,7);1H;/q;;;;+2/p-2. The Labute approximate surface area is 133 Å². The number of hydrogen-bond donors (Lipinski definition) is 0. The van der Waals surface area contributed by atoms with Gasteiger partial charge in [-0.2, -0.15) is 13.2 Å². The molecule has 0 N–H and O–H groups in total. The molecular formula is C11H10ClF3O3SZr. The second-order valence-electron chi connectivity index (χ2n) is 3.67. The quantitative estimate of drug-likeness (QED) is 0.473. The van der Waals surface area contributed by atoms with Gasteiger partial charge in [-0.05, 0) is 0 Å². The van der Waals surface area contributed by atoms with Gasteiger partial charge in [-0.3, -0.25) is 0 Å². The van der Waals surface area contributed by atoms with Gasteiger partial charge in [-0.15, -0.1) is 0 Å². The summed E-state index contributed by atoms with van der Waals surface area (Å²) in [6.07, 6.45) is 16.0. The molecule has 2 aliphatic rings. The van der Waals surface area contributed by atoms with Gasteiger partial charge in [0.1, 0.15) is 0 Å². The molecule has 0 heterocycles. The van der Waals surface area contributed by atoms with E-state index in [0.29, 0.717) is 0 Å². The average Bonchev–Trinajstić information content (AvgIpc) is 2.89. The molecule has 0 aromatic rings. The molecule has 2 aliphatic carbocycles. The molecule has 2 rings (SSSR count). The summed E-state index contributed by atoms with van der Waals surface area (Å²) in [5, 5.41) is 0. The second kappa shape index (κ2) is 8.32. The van der Waals surface area contributed by atoms with Crippen LogP contribution in [0.3, 0.4) is 0 Å². The van der Waals surface area contributed by atoms with Gasteiger partial charge in [0.05, 0.1) is 0 Å². The Morgan fingerprint density at radius 1 is 1.05 bits per heavy atom. The van der Waals surface area contributed by atoms with Crippen molar-refractivity contribution in [3.05, 3.63) is 43.0 Å². The predicted molar refractivity (Wildman–Crippen MR) is 59.4 cm³/mol. The first-order chi connectivity index (χ1) is 8.70. The van der Waals surface area contributed by atoms with Crippen molar-refractivity contribution in [1.82, 2.24) is 0 Å². The van der Waals surface area contributed by atoms with Gasteiger partial charge < -0.3 is 17.0 Å². The number of halogens is 4. The zero-order valence-electron chi connectivity index (χ0n) is 10.0. The second-order valence-corrected chi connectivity index (χ2v) is 8.82. The molecule has 0 aromatic heterocycles. The molecule has 0 atom stereocenters. The molecule has 3 nitrogen and oxygen atoms in total. The van der Waals surface area contributed by atoms with Gasteiger partial charge in [0.2, 0.25) is 0 Å². The van der Waals surface area contributed by atoms with Crippen LogP contribution in [0, 0.1) is 0 Å². The van der Waals surface area contributed by atoms with Crippen LogP contribution in [0.15, 0.2) is 43.0 Å². The van der Waals surface area contributed by atoms with Crippen LogP contribution in [0.25, 0.3) is 0 Å². The minimum atomic E-state index is -6.09. The van der Waals surface area contributed by atoms with E-state index in [4.69, 9.17) is 13.0 Å². The third-order valence-corrected chi connectivity index (χ3v) is 6.12. The van der Waals surface area contributed by atoms with Crippen molar-refractivity contribution >= 4 is 10.1 Å². The van der Waals surface area contributed by atoms with Crippen molar-refractivity contribution in [2.24, 2.45) is 0 Å². The van der Waals surface area contributed by atoms with Crippen molar-refractivity contribution in [2.75, 3.05) is 0 Å². The molecule has 0 aliphatic heterocycles. The molecule has 0 saturated heterocycles. The number of alkyl halides is 3. The van der Waals surface area contributed by atoms with Crippen LogP contribution in [0.1, 0.15) is 12.8 Å². The number of hydrogen-bond acceptors (Lipinski definition) is 3. The largest absolute Gasteiger partial charge is 1.00 e.